The lowest BCUT2D eigenvalue weighted by Gasteiger charge is -2.25. The van der Waals surface area contributed by atoms with Crippen molar-refractivity contribution in [3.05, 3.63) is 69.0 Å². The second-order valence-electron chi connectivity index (χ2n) is 8.26. The van der Waals surface area contributed by atoms with E-state index < -0.39 is 17.9 Å². The molecule has 1 amide bonds. The number of fused-ring (bicyclic) bond motifs is 2. The Labute approximate surface area is 209 Å². The molecule has 2 aromatic carbocycles. The highest BCUT2D eigenvalue weighted by molar-refractivity contribution is 9.10. The van der Waals surface area contributed by atoms with Gasteiger partial charge in [-0.25, -0.2) is 4.79 Å². The van der Waals surface area contributed by atoms with Gasteiger partial charge in [-0.15, -0.1) is 11.3 Å². The number of hydrogen-bond acceptors (Lipinski definition) is 5. The van der Waals surface area contributed by atoms with E-state index in [9.17, 15) is 19.5 Å². The molecule has 0 radical (unpaired) electrons. The van der Waals surface area contributed by atoms with Gasteiger partial charge in [-0.05, 0) is 64.4 Å². The van der Waals surface area contributed by atoms with Gasteiger partial charge < -0.3 is 10.4 Å². The predicted octanol–water partition coefficient (Wildman–Crippen LogP) is 5.40. The summed E-state index contributed by atoms with van der Waals surface area (Å²) in [7, 11) is 0. The fraction of sp³-hybridized carbons (Fsp3) is 0.320. The molecule has 0 bridgehead atoms. The predicted molar refractivity (Wildman–Crippen MR) is 137 cm³/mol. The van der Waals surface area contributed by atoms with Gasteiger partial charge in [0.15, 0.2) is 5.12 Å². The second-order valence-corrected chi connectivity index (χ2v) is 11.3. The molecule has 5 nitrogen and oxygen atoms in total. The summed E-state index contributed by atoms with van der Waals surface area (Å²) in [6.07, 6.45) is 1.87. The van der Waals surface area contributed by atoms with Crippen molar-refractivity contribution in [2.45, 2.75) is 38.1 Å². The highest BCUT2D eigenvalue weighted by Gasteiger charge is 2.36. The molecule has 1 aliphatic carbocycles. The lowest BCUT2D eigenvalue weighted by atomic mass is 9.87. The minimum absolute atomic E-state index is 0.0450. The molecule has 8 heteroatoms. The van der Waals surface area contributed by atoms with Gasteiger partial charge in [-0.3, -0.25) is 9.59 Å². The Morgan fingerprint density at radius 3 is 2.79 bits per heavy atom. The number of carboxylic acid groups (broad SMARTS) is 1. The van der Waals surface area contributed by atoms with Crippen LogP contribution in [0, 0.1) is 5.92 Å². The fourth-order valence-electron chi connectivity index (χ4n) is 4.51. The average molecular weight is 547 g/mol. The lowest BCUT2D eigenvalue weighted by Crippen LogP contribution is -2.46. The number of aliphatic carboxylic acids is 1. The smallest absolute Gasteiger partial charge is 0.326 e. The topological polar surface area (TPSA) is 83.5 Å². The average Bonchev–Trinajstić information content (AvgIpc) is 3.37. The molecular weight excluding hydrogens is 522 g/mol. The molecule has 172 valence electrons. The normalized spacial score (nSPS) is 16.8. The zero-order valence-electron chi connectivity index (χ0n) is 18.0. The van der Waals surface area contributed by atoms with Crippen LogP contribution in [0.1, 0.15) is 36.0 Å². The number of amides is 1. The monoisotopic (exact) mass is 545 g/mol. The van der Waals surface area contributed by atoms with Gasteiger partial charge in [-0.2, -0.15) is 0 Å². The van der Waals surface area contributed by atoms with E-state index in [4.69, 9.17) is 0 Å². The van der Waals surface area contributed by atoms with Crippen molar-refractivity contribution in [1.82, 2.24) is 5.32 Å². The molecule has 3 unspecified atom stereocenters. The quantitative estimate of drug-likeness (QED) is 0.395. The summed E-state index contributed by atoms with van der Waals surface area (Å²) in [6, 6.07) is 12.9. The van der Waals surface area contributed by atoms with E-state index in [0.717, 1.165) is 50.3 Å². The van der Waals surface area contributed by atoms with Crippen LogP contribution in [0.3, 0.4) is 0 Å². The van der Waals surface area contributed by atoms with E-state index in [1.807, 2.05) is 41.8 Å². The van der Waals surface area contributed by atoms with Crippen molar-refractivity contribution in [1.29, 1.82) is 0 Å². The van der Waals surface area contributed by atoms with Crippen LogP contribution in [-0.4, -0.2) is 33.9 Å². The maximum atomic E-state index is 13.4. The van der Waals surface area contributed by atoms with Crippen LogP contribution in [0.5, 0.6) is 0 Å². The molecular formula is C25H24BrNO4S2. The summed E-state index contributed by atoms with van der Waals surface area (Å²) in [5, 5.41) is 15.6. The lowest BCUT2D eigenvalue weighted by molar-refractivity contribution is -0.142. The highest BCUT2D eigenvalue weighted by atomic mass is 79.9. The molecule has 1 aromatic heterocycles. The van der Waals surface area contributed by atoms with Crippen molar-refractivity contribution in [2.24, 2.45) is 5.92 Å². The van der Waals surface area contributed by atoms with Crippen LogP contribution in [0.4, 0.5) is 0 Å². The number of hydrogen-bond donors (Lipinski definition) is 2. The summed E-state index contributed by atoms with van der Waals surface area (Å²) in [5.41, 5.74) is 3.21. The van der Waals surface area contributed by atoms with E-state index in [-0.39, 0.29) is 23.4 Å². The molecule has 0 saturated heterocycles. The molecule has 0 fully saturated rings. The van der Waals surface area contributed by atoms with Gasteiger partial charge in [-0.1, -0.05) is 52.0 Å². The summed E-state index contributed by atoms with van der Waals surface area (Å²) in [4.78, 5) is 37.2. The van der Waals surface area contributed by atoms with Crippen molar-refractivity contribution >= 4 is 66.1 Å². The van der Waals surface area contributed by atoms with Gasteiger partial charge in [0.1, 0.15) is 6.04 Å². The molecule has 0 spiro atoms. The van der Waals surface area contributed by atoms with Crippen molar-refractivity contribution in [3.63, 3.8) is 0 Å². The number of carbonyl (C=O) groups excluding carboxylic acids is 2. The van der Waals surface area contributed by atoms with E-state index in [2.05, 4.69) is 27.3 Å². The SMILES string of the molecule is CC(=O)SCC(C(=O)NC(Cc1csc2ccccc12)C(=O)O)C1CCc2cc(Br)ccc21. The summed E-state index contributed by atoms with van der Waals surface area (Å²) >= 11 is 6.19. The molecule has 33 heavy (non-hydrogen) atoms. The Bertz CT molecular complexity index is 1210. The number of halogens is 1. The van der Waals surface area contributed by atoms with Gasteiger partial charge in [0.2, 0.25) is 5.91 Å². The van der Waals surface area contributed by atoms with E-state index >= 15 is 0 Å². The Morgan fingerprint density at radius 2 is 2.03 bits per heavy atom. The molecule has 1 heterocycles. The van der Waals surface area contributed by atoms with Crippen molar-refractivity contribution in [2.75, 3.05) is 5.75 Å². The third kappa shape index (κ3) is 5.50. The fourth-order valence-corrected chi connectivity index (χ4v) is 6.69. The standard InChI is InChI=1S/C25H24BrNO4S2/c1-14(28)32-13-21(20-8-6-15-10-17(26)7-9-18(15)20)24(29)27-22(25(30)31)11-16-12-33-23-5-3-2-4-19(16)23/h2-5,7,9-10,12,20-22H,6,8,11,13H2,1H3,(H,27,29)(H,30,31). The van der Waals surface area contributed by atoms with Crippen LogP contribution in [0.15, 0.2) is 52.3 Å². The number of nitrogens with one attached hydrogen (secondary N) is 1. The molecule has 0 aliphatic heterocycles. The van der Waals surface area contributed by atoms with Crippen LogP contribution in [0.25, 0.3) is 10.1 Å². The number of carbonyl (C=O) groups is 3. The first kappa shape index (κ1) is 24.0. The summed E-state index contributed by atoms with van der Waals surface area (Å²) < 4.78 is 2.09. The zero-order valence-corrected chi connectivity index (χ0v) is 21.3. The number of benzene rings is 2. The van der Waals surface area contributed by atoms with Crippen LogP contribution in [0.2, 0.25) is 0 Å². The number of aryl methyl sites for hydroxylation is 1. The Balaban J connectivity index is 1.56. The summed E-state index contributed by atoms with van der Waals surface area (Å²) in [6.45, 7) is 1.49. The minimum atomic E-state index is -1.06. The largest absolute Gasteiger partial charge is 0.480 e. The second kappa shape index (κ2) is 10.4. The molecule has 3 aromatic rings. The third-order valence-electron chi connectivity index (χ3n) is 6.12. The number of carboxylic acids is 1. The first-order valence-electron chi connectivity index (χ1n) is 10.7. The number of rotatable bonds is 8. The van der Waals surface area contributed by atoms with E-state index in [1.54, 1.807) is 11.3 Å². The third-order valence-corrected chi connectivity index (χ3v) is 8.56. The number of thioether (sulfide) groups is 1. The van der Waals surface area contributed by atoms with E-state index in [1.165, 1.54) is 12.5 Å². The maximum absolute atomic E-state index is 13.4. The molecule has 3 atom stereocenters. The van der Waals surface area contributed by atoms with Gasteiger partial charge in [0.05, 0.1) is 5.92 Å². The van der Waals surface area contributed by atoms with Gasteiger partial charge in [0, 0.05) is 28.3 Å². The van der Waals surface area contributed by atoms with Crippen LogP contribution >= 0.6 is 39.0 Å². The summed E-state index contributed by atoms with van der Waals surface area (Å²) in [5.74, 6) is -1.57. The minimum Gasteiger partial charge on any atom is -0.480 e. The molecule has 2 N–H and O–H groups in total. The van der Waals surface area contributed by atoms with Crippen molar-refractivity contribution < 1.29 is 19.5 Å². The van der Waals surface area contributed by atoms with Crippen LogP contribution < -0.4 is 5.32 Å². The van der Waals surface area contributed by atoms with Crippen LogP contribution in [-0.2, 0) is 27.2 Å². The van der Waals surface area contributed by atoms with Gasteiger partial charge in [0.25, 0.3) is 0 Å². The van der Waals surface area contributed by atoms with Crippen molar-refractivity contribution in [3.8, 4) is 0 Å². The Kier molecular flexibility index (Phi) is 7.56. The first-order valence-corrected chi connectivity index (χ1v) is 13.4. The van der Waals surface area contributed by atoms with E-state index in [0.29, 0.717) is 5.75 Å². The zero-order chi connectivity index (χ0) is 23.5. The molecule has 1 aliphatic rings. The highest BCUT2D eigenvalue weighted by Crippen LogP contribution is 2.41. The molecule has 4 rings (SSSR count). The first-order chi connectivity index (χ1) is 15.8. The van der Waals surface area contributed by atoms with Gasteiger partial charge >= 0.3 is 5.97 Å². The number of thiophene rings is 1. The molecule has 0 saturated carbocycles. The Morgan fingerprint density at radius 1 is 1.24 bits per heavy atom. The Hall–Kier alpha value is -2.16. The maximum Gasteiger partial charge on any atom is 0.326 e.